The molecule has 18 heavy (non-hydrogen) atoms. The summed E-state index contributed by atoms with van der Waals surface area (Å²) in [5, 5.41) is 3.18. The fourth-order valence-corrected chi connectivity index (χ4v) is 2.20. The van der Waals surface area contributed by atoms with Gasteiger partial charge in [-0.15, -0.1) is 0 Å². The second-order valence-electron chi connectivity index (χ2n) is 6.11. The van der Waals surface area contributed by atoms with Gasteiger partial charge in [-0.3, -0.25) is 4.99 Å². The maximum absolute atomic E-state index is 5.86. The van der Waals surface area contributed by atoms with Crippen molar-refractivity contribution < 1.29 is 0 Å². The van der Waals surface area contributed by atoms with E-state index in [0.717, 1.165) is 6.54 Å². The maximum atomic E-state index is 5.86. The van der Waals surface area contributed by atoms with Crippen LogP contribution in [0.25, 0.3) is 0 Å². The van der Waals surface area contributed by atoms with Crippen molar-refractivity contribution in [3.63, 3.8) is 0 Å². The van der Waals surface area contributed by atoms with E-state index in [4.69, 9.17) is 5.73 Å². The number of nitrogens with two attached hydrogens (primary N) is 1. The molecule has 1 aromatic carbocycles. The van der Waals surface area contributed by atoms with Gasteiger partial charge in [0.15, 0.2) is 5.96 Å². The minimum Gasteiger partial charge on any atom is -0.370 e. The van der Waals surface area contributed by atoms with Crippen LogP contribution in [-0.2, 0) is 0 Å². The third kappa shape index (κ3) is 3.76. The van der Waals surface area contributed by atoms with Crippen molar-refractivity contribution in [2.24, 2.45) is 16.6 Å². The minimum absolute atomic E-state index is 0.0179. The van der Waals surface area contributed by atoms with E-state index < -0.39 is 0 Å². The van der Waals surface area contributed by atoms with Crippen molar-refractivity contribution >= 4 is 5.96 Å². The first kappa shape index (κ1) is 12.9. The Morgan fingerprint density at radius 1 is 1.33 bits per heavy atom. The molecule has 1 fully saturated rings. The van der Waals surface area contributed by atoms with Crippen LogP contribution >= 0.6 is 0 Å². The first-order chi connectivity index (χ1) is 8.46. The molecule has 2 unspecified atom stereocenters. The second kappa shape index (κ2) is 5.01. The zero-order valence-electron chi connectivity index (χ0n) is 11.5. The molecule has 1 aliphatic carbocycles. The molecular weight excluding hydrogens is 222 g/mol. The van der Waals surface area contributed by atoms with E-state index in [1.54, 1.807) is 0 Å². The van der Waals surface area contributed by atoms with E-state index in [2.05, 4.69) is 61.4 Å². The normalized spacial score (nSPS) is 23.8. The molecule has 3 nitrogen and oxygen atoms in total. The van der Waals surface area contributed by atoms with Crippen LogP contribution in [0, 0.1) is 5.92 Å². The van der Waals surface area contributed by atoms with E-state index in [-0.39, 0.29) is 5.54 Å². The fourth-order valence-electron chi connectivity index (χ4n) is 2.20. The largest absolute Gasteiger partial charge is 0.370 e. The highest BCUT2D eigenvalue weighted by Crippen LogP contribution is 2.47. The van der Waals surface area contributed by atoms with Crippen LogP contribution in [0.3, 0.4) is 0 Å². The van der Waals surface area contributed by atoms with Crippen molar-refractivity contribution in [1.29, 1.82) is 0 Å². The van der Waals surface area contributed by atoms with Crippen molar-refractivity contribution in [2.45, 2.75) is 38.6 Å². The van der Waals surface area contributed by atoms with Gasteiger partial charge in [-0.1, -0.05) is 30.3 Å². The SMILES string of the molecule is CC(C)(C)NC(N)=NCC1CC1c1ccccc1. The van der Waals surface area contributed by atoms with Crippen LogP contribution in [0.4, 0.5) is 0 Å². The Bertz CT molecular complexity index is 417. The number of hydrogen-bond acceptors (Lipinski definition) is 1. The Kier molecular flexibility index (Phi) is 3.60. The third-order valence-corrected chi connectivity index (χ3v) is 3.15. The lowest BCUT2D eigenvalue weighted by atomic mass is 10.1. The fraction of sp³-hybridized carbons (Fsp3) is 0.533. The Morgan fingerprint density at radius 3 is 2.61 bits per heavy atom. The zero-order chi connectivity index (χ0) is 13.2. The molecule has 0 aliphatic heterocycles. The molecule has 0 radical (unpaired) electrons. The summed E-state index contributed by atoms with van der Waals surface area (Å²) in [4.78, 5) is 4.43. The number of aliphatic imine (C=N–C) groups is 1. The molecule has 1 aromatic rings. The molecule has 3 heteroatoms. The standard InChI is InChI=1S/C15H23N3/c1-15(2,3)18-14(16)17-10-12-9-13(12)11-7-5-4-6-8-11/h4-8,12-13H,9-10H2,1-3H3,(H3,16,17,18). The number of rotatable bonds is 3. The van der Waals surface area contributed by atoms with Crippen LogP contribution in [0.5, 0.6) is 0 Å². The molecule has 3 N–H and O–H groups in total. The smallest absolute Gasteiger partial charge is 0.188 e. The molecule has 0 saturated heterocycles. The number of hydrogen-bond donors (Lipinski definition) is 2. The summed E-state index contributed by atoms with van der Waals surface area (Å²) in [6.45, 7) is 7.08. The summed E-state index contributed by atoms with van der Waals surface area (Å²) in [6, 6.07) is 10.7. The molecule has 0 spiro atoms. The van der Waals surface area contributed by atoms with Gasteiger partial charge in [0.2, 0.25) is 0 Å². The van der Waals surface area contributed by atoms with E-state index in [0.29, 0.717) is 17.8 Å². The molecule has 2 atom stereocenters. The Hall–Kier alpha value is -1.51. The third-order valence-electron chi connectivity index (χ3n) is 3.15. The molecule has 0 aromatic heterocycles. The Morgan fingerprint density at radius 2 is 2.00 bits per heavy atom. The lowest BCUT2D eigenvalue weighted by Crippen LogP contribution is -2.45. The zero-order valence-corrected chi connectivity index (χ0v) is 11.5. The van der Waals surface area contributed by atoms with E-state index >= 15 is 0 Å². The van der Waals surface area contributed by atoms with E-state index in [1.165, 1.54) is 12.0 Å². The Labute approximate surface area is 109 Å². The average molecular weight is 245 g/mol. The van der Waals surface area contributed by atoms with Gasteiger partial charge in [-0.25, -0.2) is 0 Å². The van der Waals surface area contributed by atoms with Crippen LogP contribution in [0.2, 0.25) is 0 Å². The van der Waals surface area contributed by atoms with Gasteiger partial charge in [0, 0.05) is 12.1 Å². The van der Waals surface area contributed by atoms with Crippen molar-refractivity contribution in [1.82, 2.24) is 5.32 Å². The lowest BCUT2D eigenvalue weighted by Gasteiger charge is -2.20. The summed E-state index contributed by atoms with van der Waals surface area (Å²) in [6.07, 6.45) is 1.23. The minimum atomic E-state index is -0.0179. The van der Waals surface area contributed by atoms with E-state index in [9.17, 15) is 0 Å². The van der Waals surface area contributed by atoms with Crippen molar-refractivity contribution in [3.8, 4) is 0 Å². The maximum Gasteiger partial charge on any atom is 0.188 e. The monoisotopic (exact) mass is 245 g/mol. The van der Waals surface area contributed by atoms with E-state index in [1.807, 2.05) is 0 Å². The topological polar surface area (TPSA) is 50.4 Å². The molecule has 0 heterocycles. The van der Waals surface area contributed by atoms with Gasteiger partial charge in [0.1, 0.15) is 0 Å². The van der Waals surface area contributed by atoms with Crippen LogP contribution in [0.15, 0.2) is 35.3 Å². The predicted molar refractivity (Wildman–Crippen MR) is 76.7 cm³/mol. The highest BCUT2D eigenvalue weighted by Gasteiger charge is 2.37. The highest BCUT2D eigenvalue weighted by molar-refractivity contribution is 5.78. The van der Waals surface area contributed by atoms with Crippen LogP contribution in [0.1, 0.15) is 38.7 Å². The molecule has 0 bridgehead atoms. The molecule has 1 aliphatic rings. The molecular formula is C15H23N3. The van der Waals surface area contributed by atoms with Crippen LogP contribution in [-0.4, -0.2) is 18.0 Å². The summed E-state index contributed by atoms with van der Waals surface area (Å²) in [7, 11) is 0. The Balaban J connectivity index is 1.82. The number of nitrogens with zero attached hydrogens (tertiary/aromatic N) is 1. The second-order valence-corrected chi connectivity index (χ2v) is 6.11. The van der Waals surface area contributed by atoms with Gasteiger partial charge in [0.05, 0.1) is 0 Å². The van der Waals surface area contributed by atoms with Gasteiger partial charge >= 0.3 is 0 Å². The predicted octanol–water partition coefficient (Wildman–Crippen LogP) is 2.49. The number of benzene rings is 1. The van der Waals surface area contributed by atoms with Crippen molar-refractivity contribution in [3.05, 3.63) is 35.9 Å². The van der Waals surface area contributed by atoms with Gasteiger partial charge in [0.25, 0.3) is 0 Å². The van der Waals surface area contributed by atoms with Crippen molar-refractivity contribution in [2.75, 3.05) is 6.54 Å². The summed E-state index contributed by atoms with van der Waals surface area (Å²) in [5.41, 5.74) is 7.27. The molecule has 0 amide bonds. The van der Waals surface area contributed by atoms with Gasteiger partial charge < -0.3 is 11.1 Å². The number of nitrogens with one attached hydrogen (secondary N) is 1. The molecule has 2 rings (SSSR count). The first-order valence-electron chi connectivity index (χ1n) is 6.59. The summed E-state index contributed by atoms with van der Waals surface area (Å²) >= 11 is 0. The van der Waals surface area contributed by atoms with Crippen LogP contribution < -0.4 is 11.1 Å². The van der Waals surface area contributed by atoms with Gasteiger partial charge in [-0.05, 0) is 44.6 Å². The van der Waals surface area contributed by atoms with Gasteiger partial charge in [-0.2, -0.15) is 0 Å². The molecule has 98 valence electrons. The lowest BCUT2D eigenvalue weighted by molar-refractivity contribution is 0.508. The average Bonchev–Trinajstić information content (AvgIpc) is 3.05. The quantitative estimate of drug-likeness (QED) is 0.635. The first-order valence-corrected chi connectivity index (χ1v) is 6.59. The molecule has 1 saturated carbocycles. The summed E-state index contributed by atoms with van der Waals surface area (Å²) in [5.74, 6) is 1.89. The summed E-state index contributed by atoms with van der Waals surface area (Å²) < 4.78 is 0. The highest BCUT2D eigenvalue weighted by atomic mass is 15.1. The number of guanidine groups is 1.